The van der Waals surface area contributed by atoms with Gasteiger partial charge in [-0.1, -0.05) is 36.4 Å². The predicted molar refractivity (Wildman–Crippen MR) is 126 cm³/mol. The third kappa shape index (κ3) is 4.48. The summed E-state index contributed by atoms with van der Waals surface area (Å²) in [6.45, 7) is 7.09. The van der Waals surface area contributed by atoms with Crippen LogP contribution in [0.4, 0.5) is 4.79 Å². The lowest BCUT2D eigenvalue weighted by atomic mass is 9.90. The van der Waals surface area contributed by atoms with Crippen molar-refractivity contribution in [1.82, 2.24) is 20.0 Å². The highest BCUT2D eigenvalue weighted by Gasteiger charge is 2.49. The van der Waals surface area contributed by atoms with Crippen LogP contribution >= 0.6 is 0 Å². The molecule has 1 N–H and O–H groups in total. The molecule has 0 unspecified atom stereocenters. The number of piperazine rings is 1. The van der Waals surface area contributed by atoms with Crippen LogP contribution in [0.2, 0.25) is 0 Å². The lowest BCUT2D eigenvalue weighted by Crippen LogP contribution is -2.52. The van der Waals surface area contributed by atoms with E-state index in [-0.39, 0.29) is 11.9 Å². The van der Waals surface area contributed by atoms with Crippen LogP contribution in [0.3, 0.4) is 0 Å². The topological polar surface area (TPSA) is 65.1 Å². The van der Waals surface area contributed by atoms with E-state index in [9.17, 15) is 9.59 Å². The van der Waals surface area contributed by atoms with E-state index in [1.807, 2.05) is 43.3 Å². The van der Waals surface area contributed by atoms with Crippen molar-refractivity contribution in [3.8, 4) is 5.75 Å². The predicted octanol–water partition coefficient (Wildman–Crippen LogP) is 2.60. The maximum absolute atomic E-state index is 13.3. The third-order valence-corrected chi connectivity index (χ3v) is 7.18. The SMILES string of the molecule is C[C@@]1(c2ccc3c(c2)CCC3)NC(=O)N(CN2CCN(CCOc3ccccc3)CC2)C1=O. The molecule has 0 radical (unpaired) electrons. The molecule has 7 heteroatoms. The Balaban J connectivity index is 1.14. The number of aryl methyl sites for hydroxylation is 2. The van der Waals surface area contributed by atoms with Gasteiger partial charge in [0.15, 0.2) is 0 Å². The minimum Gasteiger partial charge on any atom is -0.492 e. The minimum atomic E-state index is -0.995. The van der Waals surface area contributed by atoms with E-state index >= 15 is 0 Å². The Hall–Kier alpha value is -2.90. The number of hydrogen-bond donors (Lipinski definition) is 1. The molecule has 5 rings (SSSR count). The van der Waals surface area contributed by atoms with Crippen LogP contribution in [-0.2, 0) is 23.2 Å². The number of rotatable bonds is 7. The number of imide groups is 1. The summed E-state index contributed by atoms with van der Waals surface area (Å²) in [6.07, 6.45) is 3.31. The molecule has 2 aliphatic heterocycles. The number of urea groups is 1. The molecule has 0 aromatic heterocycles. The molecule has 1 atom stereocenters. The van der Waals surface area contributed by atoms with Crippen molar-refractivity contribution in [1.29, 1.82) is 0 Å². The first-order valence-corrected chi connectivity index (χ1v) is 11.9. The molecular weight excluding hydrogens is 416 g/mol. The fourth-order valence-electron chi connectivity index (χ4n) is 5.07. The molecule has 0 saturated carbocycles. The first-order chi connectivity index (χ1) is 16.0. The summed E-state index contributed by atoms with van der Waals surface area (Å²) < 4.78 is 5.80. The number of nitrogens with one attached hydrogen (secondary N) is 1. The molecule has 0 bridgehead atoms. The second-order valence-electron chi connectivity index (χ2n) is 9.39. The molecule has 3 aliphatic rings. The van der Waals surface area contributed by atoms with E-state index in [0.29, 0.717) is 13.3 Å². The number of para-hydroxylation sites is 1. The molecule has 7 nitrogen and oxygen atoms in total. The molecule has 3 amide bonds. The van der Waals surface area contributed by atoms with Gasteiger partial charge < -0.3 is 10.1 Å². The highest BCUT2D eigenvalue weighted by Crippen LogP contribution is 2.32. The monoisotopic (exact) mass is 448 g/mol. The molecule has 2 aromatic rings. The molecule has 2 aromatic carbocycles. The summed E-state index contributed by atoms with van der Waals surface area (Å²) in [4.78, 5) is 32.0. The van der Waals surface area contributed by atoms with Crippen molar-refractivity contribution in [2.45, 2.75) is 31.7 Å². The van der Waals surface area contributed by atoms with Gasteiger partial charge in [-0.05, 0) is 55.0 Å². The maximum atomic E-state index is 13.3. The second kappa shape index (κ2) is 9.15. The van der Waals surface area contributed by atoms with Gasteiger partial charge in [0.2, 0.25) is 0 Å². The van der Waals surface area contributed by atoms with Crippen LogP contribution in [0.25, 0.3) is 0 Å². The Labute approximate surface area is 195 Å². The van der Waals surface area contributed by atoms with Gasteiger partial charge >= 0.3 is 6.03 Å². The van der Waals surface area contributed by atoms with Gasteiger partial charge in [0.25, 0.3) is 5.91 Å². The Bertz CT molecular complexity index is 1020. The van der Waals surface area contributed by atoms with Crippen LogP contribution in [-0.4, -0.2) is 72.6 Å². The van der Waals surface area contributed by atoms with E-state index in [1.54, 1.807) is 0 Å². The van der Waals surface area contributed by atoms with Gasteiger partial charge in [-0.2, -0.15) is 0 Å². The van der Waals surface area contributed by atoms with E-state index in [2.05, 4.69) is 27.2 Å². The number of carbonyl (C=O) groups excluding carboxylic acids is 2. The number of nitrogens with zero attached hydrogens (tertiary/aromatic N) is 3. The minimum absolute atomic E-state index is 0.163. The Morgan fingerprint density at radius 3 is 2.45 bits per heavy atom. The summed E-state index contributed by atoms with van der Waals surface area (Å²) in [6, 6.07) is 15.8. The first-order valence-electron chi connectivity index (χ1n) is 11.9. The van der Waals surface area contributed by atoms with Gasteiger partial charge in [-0.15, -0.1) is 0 Å². The van der Waals surface area contributed by atoms with Crippen molar-refractivity contribution in [3.63, 3.8) is 0 Å². The standard InChI is InChI=1S/C26H32N4O3/c1-26(22-11-10-20-6-5-7-21(20)18-22)24(31)30(25(32)27-26)19-29-14-12-28(13-15-29)16-17-33-23-8-3-2-4-9-23/h2-4,8-11,18H,5-7,12-17,19H2,1H3,(H,27,32)/t26-/m0/s1. The summed E-state index contributed by atoms with van der Waals surface area (Å²) in [5.74, 6) is 0.727. The Morgan fingerprint density at radius 2 is 1.67 bits per heavy atom. The van der Waals surface area contributed by atoms with Crippen molar-refractivity contribution in [2.24, 2.45) is 0 Å². The first kappa shape index (κ1) is 21.9. The normalized spacial score (nSPS) is 23.6. The third-order valence-electron chi connectivity index (χ3n) is 7.18. The zero-order valence-corrected chi connectivity index (χ0v) is 19.3. The van der Waals surface area contributed by atoms with Crippen molar-refractivity contribution < 1.29 is 14.3 Å². The molecular formula is C26H32N4O3. The quantitative estimate of drug-likeness (QED) is 0.660. The van der Waals surface area contributed by atoms with Crippen LogP contribution in [0.5, 0.6) is 5.75 Å². The zero-order chi connectivity index (χ0) is 22.8. The summed E-state index contributed by atoms with van der Waals surface area (Å²) in [5, 5.41) is 2.96. The van der Waals surface area contributed by atoms with E-state index in [0.717, 1.165) is 63.3 Å². The highest BCUT2D eigenvalue weighted by molar-refractivity contribution is 6.07. The largest absolute Gasteiger partial charge is 0.492 e. The second-order valence-corrected chi connectivity index (χ2v) is 9.39. The van der Waals surface area contributed by atoms with Crippen LogP contribution in [0.1, 0.15) is 30.0 Å². The Morgan fingerprint density at radius 1 is 0.939 bits per heavy atom. The van der Waals surface area contributed by atoms with Crippen LogP contribution in [0, 0.1) is 0 Å². The van der Waals surface area contributed by atoms with Gasteiger partial charge in [-0.25, -0.2) is 9.69 Å². The highest BCUT2D eigenvalue weighted by atomic mass is 16.5. The molecule has 2 saturated heterocycles. The average Bonchev–Trinajstić information content (AvgIpc) is 3.39. The lowest BCUT2D eigenvalue weighted by molar-refractivity contribution is -0.132. The van der Waals surface area contributed by atoms with Gasteiger partial charge in [0.1, 0.15) is 17.9 Å². The molecule has 0 spiro atoms. The molecule has 1 aliphatic carbocycles. The number of benzene rings is 2. The van der Waals surface area contributed by atoms with Crippen LogP contribution < -0.4 is 10.1 Å². The number of fused-ring (bicyclic) bond motifs is 1. The number of ether oxygens (including phenoxy) is 1. The van der Waals surface area contributed by atoms with E-state index in [4.69, 9.17) is 4.74 Å². The smallest absolute Gasteiger partial charge is 0.326 e. The van der Waals surface area contributed by atoms with Gasteiger partial charge in [-0.3, -0.25) is 14.6 Å². The van der Waals surface area contributed by atoms with Crippen LogP contribution in [0.15, 0.2) is 48.5 Å². The maximum Gasteiger partial charge on any atom is 0.326 e. The Kier molecular flexibility index (Phi) is 6.08. The number of carbonyl (C=O) groups is 2. The molecule has 33 heavy (non-hydrogen) atoms. The van der Waals surface area contributed by atoms with Crippen molar-refractivity contribution in [3.05, 3.63) is 65.2 Å². The lowest BCUT2D eigenvalue weighted by Gasteiger charge is -2.36. The fourth-order valence-corrected chi connectivity index (χ4v) is 5.07. The summed E-state index contributed by atoms with van der Waals surface area (Å²) in [7, 11) is 0. The number of amides is 3. The summed E-state index contributed by atoms with van der Waals surface area (Å²) >= 11 is 0. The van der Waals surface area contributed by atoms with Gasteiger partial charge in [0, 0.05) is 32.7 Å². The molecule has 2 fully saturated rings. The molecule has 2 heterocycles. The van der Waals surface area contributed by atoms with Gasteiger partial charge in [0.05, 0.1) is 6.67 Å². The van der Waals surface area contributed by atoms with Crippen molar-refractivity contribution >= 4 is 11.9 Å². The summed E-state index contributed by atoms with van der Waals surface area (Å²) in [5.41, 5.74) is 2.56. The zero-order valence-electron chi connectivity index (χ0n) is 19.3. The van der Waals surface area contributed by atoms with Crippen molar-refractivity contribution in [2.75, 3.05) is 46.0 Å². The molecule has 174 valence electrons. The fraction of sp³-hybridized carbons (Fsp3) is 0.462. The van der Waals surface area contributed by atoms with E-state index in [1.165, 1.54) is 16.0 Å². The number of hydrogen-bond acceptors (Lipinski definition) is 5. The average molecular weight is 449 g/mol. The van der Waals surface area contributed by atoms with E-state index < -0.39 is 5.54 Å².